The Labute approximate surface area is 93.9 Å². The minimum Gasteiger partial charge on any atom is -0.396 e. The highest BCUT2D eigenvalue weighted by Gasteiger charge is 2.20. The first kappa shape index (κ1) is 12.5. The quantitative estimate of drug-likeness (QED) is 0.698. The highest BCUT2D eigenvalue weighted by atomic mass is 16.3. The Balaban J connectivity index is 2.38. The molecule has 0 aliphatic heterocycles. The SMILES string of the molecule is CC(C)=CCCC1=CC[C@H](CO)[C@@H](C)C1. The summed E-state index contributed by atoms with van der Waals surface area (Å²) in [6, 6.07) is 0. The van der Waals surface area contributed by atoms with Crippen molar-refractivity contribution in [3.63, 3.8) is 0 Å². The summed E-state index contributed by atoms with van der Waals surface area (Å²) in [5.74, 6) is 1.15. The first-order valence-electron chi connectivity index (χ1n) is 6.05. The standard InChI is InChI=1S/C14H24O/c1-11(2)5-4-6-13-7-8-14(10-15)12(3)9-13/h5,7,12,14-15H,4,6,8-10H2,1-3H3/t12-,14+/m0/s1. The van der Waals surface area contributed by atoms with Gasteiger partial charge in [-0.3, -0.25) is 0 Å². The fourth-order valence-electron chi connectivity index (χ4n) is 2.22. The van der Waals surface area contributed by atoms with E-state index in [0.29, 0.717) is 18.4 Å². The summed E-state index contributed by atoms with van der Waals surface area (Å²) >= 11 is 0. The Bertz CT molecular complexity index is 246. The molecule has 15 heavy (non-hydrogen) atoms. The molecule has 2 atom stereocenters. The van der Waals surface area contributed by atoms with Crippen LogP contribution in [0.15, 0.2) is 23.3 Å². The molecule has 0 radical (unpaired) electrons. The Hall–Kier alpha value is -0.560. The van der Waals surface area contributed by atoms with Crippen molar-refractivity contribution in [1.82, 2.24) is 0 Å². The molecule has 1 aliphatic rings. The molecule has 0 fully saturated rings. The first-order chi connectivity index (χ1) is 7.13. The van der Waals surface area contributed by atoms with Gasteiger partial charge in [0.05, 0.1) is 0 Å². The average Bonchev–Trinajstić information content (AvgIpc) is 2.17. The van der Waals surface area contributed by atoms with Gasteiger partial charge in [0.25, 0.3) is 0 Å². The predicted octanol–water partition coefficient (Wildman–Crippen LogP) is 3.70. The van der Waals surface area contributed by atoms with Crippen LogP contribution in [-0.2, 0) is 0 Å². The van der Waals surface area contributed by atoms with Gasteiger partial charge in [-0.05, 0) is 51.4 Å². The third-order valence-corrected chi connectivity index (χ3v) is 3.35. The summed E-state index contributed by atoms with van der Waals surface area (Å²) in [6.45, 7) is 6.91. The summed E-state index contributed by atoms with van der Waals surface area (Å²) in [4.78, 5) is 0. The van der Waals surface area contributed by atoms with E-state index >= 15 is 0 Å². The zero-order valence-electron chi connectivity index (χ0n) is 10.3. The largest absolute Gasteiger partial charge is 0.396 e. The van der Waals surface area contributed by atoms with Crippen LogP contribution in [0.25, 0.3) is 0 Å². The Morgan fingerprint density at radius 2 is 2.27 bits per heavy atom. The summed E-state index contributed by atoms with van der Waals surface area (Å²) in [6.07, 6.45) is 9.28. The molecule has 0 heterocycles. The van der Waals surface area contributed by atoms with Gasteiger partial charge in [0.2, 0.25) is 0 Å². The van der Waals surface area contributed by atoms with Crippen LogP contribution >= 0.6 is 0 Å². The van der Waals surface area contributed by atoms with Crippen molar-refractivity contribution in [2.45, 2.75) is 46.5 Å². The molecule has 0 amide bonds. The van der Waals surface area contributed by atoms with Crippen molar-refractivity contribution in [3.8, 4) is 0 Å². The van der Waals surface area contributed by atoms with E-state index in [0.717, 1.165) is 6.42 Å². The maximum atomic E-state index is 9.16. The molecule has 0 saturated carbocycles. The summed E-state index contributed by atoms with van der Waals surface area (Å²) in [5, 5.41) is 9.16. The molecular formula is C14H24O. The van der Waals surface area contributed by atoms with Crippen LogP contribution in [0.4, 0.5) is 0 Å². The van der Waals surface area contributed by atoms with Crippen LogP contribution in [0.5, 0.6) is 0 Å². The van der Waals surface area contributed by atoms with Gasteiger partial charge in [-0.25, -0.2) is 0 Å². The van der Waals surface area contributed by atoms with Gasteiger partial charge >= 0.3 is 0 Å². The monoisotopic (exact) mass is 208 g/mol. The Morgan fingerprint density at radius 1 is 1.53 bits per heavy atom. The molecule has 1 N–H and O–H groups in total. The predicted molar refractivity (Wildman–Crippen MR) is 65.7 cm³/mol. The van der Waals surface area contributed by atoms with Crippen LogP contribution in [0, 0.1) is 11.8 Å². The fourth-order valence-corrected chi connectivity index (χ4v) is 2.22. The molecule has 0 aromatic heterocycles. The lowest BCUT2D eigenvalue weighted by Gasteiger charge is -2.27. The van der Waals surface area contributed by atoms with E-state index in [1.807, 2.05) is 0 Å². The summed E-state index contributed by atoms with van der Waals surface area (Å²) in [7, 11) is 0. The smallest absolute Gasteiger partial charge is 0.0464 e. The topological polar surface area (TPSA) is 20.2 Å². The number of hydrogen-bond acceptors (Lipinski definition) is 1. The molecule has 0 aromatic rings. The van der Waals surface area contributed by atoms with Gasteiger partial charge in [0, 0.05) is 6.61 Å². The van der Waals surface area contributed by atoms with Gasteiger partial charge in [-0.1, -0.05) is 30.2 Å². The first-order valence-corrected chi connectivity index (χ1v) is 6.05. The number of rotatable bonds is 4. The molecule has 86 valence electrons. The third-order valence-electron chi connectivity index (χ3n) is 3.35. The van der Waals surface area contributed by atoms with Gasteiger partial charge in [0.15, 0.2) is 0 Å². The second-order valence-electron chi connectivity index (χ2n) is 5.04. The van der Waals surface area contributed by atoms with Crippen LogP contribution in [0.3, 0.4) is 0 Å². The lowest BCUT2D eigenvalue weighted by molar-refractivity contribution is 0.176. The molecule has 0 saturated heterocycles. The zero-order valence-corrected chi connectivity index (χ0v) is 10.3. The second-order valence-corrected chi connectivity index (χ2v) is 5.04. The highest BCUT2D eigenvalue weighted by Crippen LogP contribution is 2.31. The van der Waals surface area contributed by atoms with E-state index in [1.165, 1.54) is 24.8 Å². The maximum absolute atomic E-state index is 9.16. The van der Waals surface area contributed by atoms with Crippen molar-refractivity contribution < 1.29 is 5.11 Å². The van der Waals surface area contributed by atoms with E-state index in [9.17, 15) is 0 Å². The van der Waals surface area contributed by atoms with Crippen molar-refractivity contribution in [1.29, 1.82) is 0 Å². The minimum atomic E-state index is 0.346. The molecule has 1 heteroatoms. The molecule has 0 bridgehead atoms. The zero-order chi connectivity index (χ0) is 11.3. The molecule has 1 nitrogen and oxygen atoms in total. The van der Waals surface area contributed by atoms with E-state index < -0.39 is 0 Å². The van der Waals surface area contributed by atoms with Gasteiger partial charge in [-0.15, -0.1) is 0 Å². The van der Waals surface area contributed by atoms with Crippen LogP contribution < -0.4 is 0 Å². The molecule has 0 aromatic carbocycles. The highest BCUT2D eigenvalue weighted by molar-refractivity contribution is 5.09. The molecule has 0 spiro atoms. The number of hydrogen-bond donors (Lipinski definition) is 1. The van der Waals surface area contributed by atoms with Crippen LogP contribution in [0.2, 0.25) is 0 Å². The molecular weight excluding hydrogens is 184 g/mol. The van der Waals surface area contributed by atoms with E-state index in [2.05, 4.69) is 32.9 Å². The number of aliphatic hydroxyl groups is 1. The lowest BCUT2D eigenvalue weighted by atomic mass is 9.80. The molecule has 1 aliphatic carbocycles. The third kappa shape index (κ3) is 4.21. The summed E-state index contributed by atoms with van der Waals surface area (Å²) in [5.41, 5.74) is 3.00. The van der Waals surface area contributed by atoms with Gasteiger partial charge in [-0.2, -0.15) is 0 Å². The van der Waals surface area contributed by atoms with E-state index in [1.54, 1.807) is 5.57 Å². The van der Waals surface area contributed by atoms with Crippen molar-refractivity contribution >= 4 is 0 Å². The van der Waals surface area contributed by atoms with E-state index in [-0.39, 0.29) is 0 Å². The van der Waals surface area contributed by atoms with Crippen molar-refractivity contribution in [3.05, 3.63) is 23.3 Å². The average molecular weight is 208 g/mol. The second kappa shape index (κ2) is 6.12. The normalized spacial score (nSPS) is 26.0. The Kier molecular flexibility index (Phi) is 5.10. The minimum absolute atomic E-state index is 0.346. The molecule has 0 unspecified atom stereocenters. The number of allylic oxidation sites excluding steroid dienone is 4. The summed E-state index contributed by atoms with van der Waals surface area (Å²) < 4.78 is 0. The van der Waals surface area contributed by atoms with Gasteiger partial charge in [0.1, 0.15) is 0 Å². The van der Waals surface area contributed by atoms with Crippen molar-refractivity contribution in [2.75, 3.05) is 6.61 Å². The lowest BCUT2D eigenvalue weighted by Crippen LogP contribution is -2.19. The number of aliphatic hydroxyl groups excluding tert-OH is 1. The van der Waals surface area contributed by atoms with Crippen molar-refractivity contribution in [2.24, 2.45) is 11.8 Å². The maximum Gasteiger partial charge on any atom is 0.0464 e. The van der Waals surface area contributed by atoms with Gasteiger partial charge < -0.3 is 5.11 Å². The Morgan fingerprint density at radius 3 is 2.80 bits per heavy atom. The van der Waals surface area contributed by atoms with E-state index in [4.69, 9.17) is 5.11 Å². The van der Waals surface area contributed by atoms with Crippen LogP contribution in [-0.4, -0.2) is 11.7 Å². The fraction of sp³-hybridized carbons (Fsp3) is 0.714. The molecule has 1 rings (SSSR count). The van der Waals surface area contributed by atoms with Crippen LogP contribution in [0.1, 0.15) is 46.5 Å².